The van der Waals surface area contributed by atoms with E-state index in [0.29, 0.717) is 9.24 Å². The van der Waals surface area contributed by atoms with Gasteiger partial charge in [0.15, 0.2) is 10.0 Å². The Labute approximate surface area is 99.6 Å². The lowest BCUT2D eigenvalue weighted by molar-refractivity contribution is 0.0686. The summed E-state index contributed by atoms with van der Waals surface area (Å²) in [7, 11) is 0. The molecule has 0 aliphatic heterocycles. The third-order valence-corrected chi connectivity index (χ3v) is 3.62. The molecule has 0 spiro atoms. The van der Waals surface area contributed by atoms with Gasteiger partial charge in [-0.15, -0.1) is 10.2 Å². The highest BCUT2D eigenvalue weighted by Gasteiger charge is 2.13. The van der Waals surface area contributed by atoms with Crippen molar-refractivity contribution in [1.29, 1.82) is 0 Å². The summed E-state index contributed by atoms with van der Waals surface area (Å²) in [6, 6.07) is 3.40. The van der Waals surface area contributed by atoms with E-state index in [1.165, 1.54) is 29.3 Å². The summed E-state index contributed by atoms with van der Waals surface area (Å²) in [4.78, 5) is 15.3. The highest BCUT2D eigenvalue weighted by atomic mass is 32.2. The molecule has 0 radical (unpaired) electrons. The van der Waals surface area contributed by atoms with Gasteiger partial charge in [0.25, 0.3) is 0 Å². The fraction of sp³-hybridized carbons (Fsp3) is 0.111. The quantitative estimate of drug-likeness (QED) is 0.902. The normalized spacial score (nSPS) is 10.3. The zero-order chi connectivity index (χ0) is 11.5. The zero-order valence-electron chi connectivity index (χ0n) is 8.25. The molecule has 0 aliphatic rings. The van der Waals surface area contributed by atoms with Crippen molar-refractivity contribution in [3.8, 4) is 0 Å². The molecule has 82 valence electrons. The lowest BCUT2D eigenvalue weighted by atomic mass is 10.3. The van der Waals surface area contributed by atoms with E-state index in [4.69, 9.17) is 5.11 Å². The van der Waals surface area contributed by atoms with Crippen LogP contribution in [-0.2, 0) is 0 Å². The van der Waals surface area contributed by atoms with E-state index in [1.807, 2.05) is 6.92 Å². The van der Waals surface area contributed by atoms with Gasteiger partial charge in [-0.25, -0.2) is 9.78 Å². The monoisotopic (exact) mass is 253 g/mol. The van der Waals surface area contributed by atoms with E-state index in [9.17, 15) is 4.79 Å². The van der Waals surface area contributed by atoms with Crippen LogP contribution in [0.1, 0.15) is 15.5 Å². The minimum Gasteiger partial charge on any atom is -0.476 e. The van der Waals surface area contributed by atoms with E-state index in [1.54, 1.807) is 12.1 Å². The standard InChI is InChI=1S/C9H7N3O2S2/c1-5-11-12-9(15-5)16-6-3-2-4-10-7(6)8(13)14/h2-4H,1H3,(H,13,14). The molecule has 7 heteroatoms. The maximum atomic E-state index is 10.9. The first-order valence-corrected chi connectivity index (χ1v) is 5.96. The SMILES string of the molecule is Cc1nnc(Sc2cccnc2C(=O)O)s1. The molecule has 2 rings (SSSR count). The number of hydrogen-bond acceptors (Lipinski definition) is 6. The molecule has 0 saturated heterocycles. The molecular weight excluding hydrogens is 246 g/mol. The maximum Gasteiger partial charge on any atom is 0.355 e. The first kappa shape index (κ1) is 11.0. The molecule has 0 bridgehead atoms. The summed E-state index contributed by atoms with van der Waals surface area (Å²) >= 11 is 2.69. The summed E-state index contributed by atoms with van der Waals surface area (Å²) in [6.07, 6.45) is 1.46. The molecule has 0 amide bonds. The lowest BCUT2D eigenvalue weighted by Gasteiger charge is -2.00. The molecule has 1 N–H and O–H groups in total. The Morgan fingerprint density at radius 3 is 2.94 bits per heavy atom. The summed E-state index contributed by atoms with van der Waals surface area (Å²) in [6.45, 7) is 1.85. The molecule has 2 aromatic rings. The topological polar surface area (TPSA) is 76.0 Å². The second-order valence-corrected chi connectivity index (χ2v) is 5.32. The minimum absolute atomic E-state index is 0.0420. The van der Waals surface area contributed by atoms with E-state index < -0.39 is 5.97 Å². The van der Waals surface area contributed by atoms with Crippen molar-refractivity contribution in [3.63, 3.8) is 0 Å². The van der Waals surface area contributed by atoms with Crippen LogP contribution in [0.2, 0.25) is 0 Å². The van der Waals surface area contributed by atoms with Crippen LogP contribution in [0.25, 0.3) is 0 Å². The van der Waals surface area contributed by atoms with Gasteiger partial charge in [0, 0.05) is 11.1 Å². The van der Waals surface area contributed by atoms with Crippen molar-refractivity contribution >= 4 is 29.1 Å². The van der Waals surface area contributed by atoms with E-state index in [2.05, 4.69) is 15.2 Å². The molecule has 5 nitrogen and oxygen atoms in total. The number of carboxylic acid groups (broad SMARTS) is 1. The van der Waals surface area contributed by atoms with Gasteiger partial charge >= 0.3 is 5.97 Å². The number of aryl methyl sites for hydroxylation is 1. The van der Waals surface area contributed by atoms with Crippen LogP contribution < -0.4 is 0 Å². The van der Waals surface area contributed by atoms with Crippen LogP contribution in [0.15, 0.2) is 27.6 Å². The molecular formula is C9H7N3O2S2. The predicted octanol–water partition coefficient (Wildman–Crippen LogP) is 2.09. The Bertz CT molecular complexity index is 527. The van der Waals surface area contributed by atoms with E-state index >= 15 is 0 Å². The van der Waals surface area contributed by atoms with E-state index in [0.717, 1.165) is 5.01 Å². The predicted molar refractivity (Wildman–Crippen MR) is 60.0 cm³/mol. The summed E-state index contributed by atoms with van der Waals surface area (Å²) in [5.74, 6) is -1.04. The Kier molecular flexibility index (Phi) is 3.16. The van der Waals surface area contributed by atoms with Gasteiger partial charge in [-0.1, -0.05) is 23.1 Å². The number of rotatable bonds is 3. The second-order valence-electron chi connectivity index (χ2n) is 2.84. The number of nitrogens with zero attached hydrogens (tertiary/aromatic N) is 3. The molecule has 2 aromatic heterocycles. The summed E-state index contributed by atoms with van der Waals surface area (Å²) in [5.41, 5.74) is 0.0420. The van der Waals surface area contributed by atoms with Crippen molar-refractivity contribution in [2.45, 2.75) is 16.2 Å². The van der Waals surface area contributed by atoms with Crippen molar-refractivity contribution in [2.24, 2.45) is 0 Å². The van der Waals surface area contributed by atoms with Crippen molar-refractivity contribution in [2.75, 3.05) is 0 Å². The molecule has 0 atom stereocenters. The number of carbonyl (C=O) groups is 1. The van der Waals surface area contributed by atoms with Gasteiger partial charge in [0.05, 0.1) is 0 Å². The van der Waals surface area contributed by atoms with Gasteiger partial charge in [-0.05, 0) is 19.1 Å². The largest absolute Gasteiger partial charge is 0.476 e. The van der Waals surface area contributed by atoms with Crippen molar-refractivity contribution in [3.05, 3.63) is 29.0 Å². The average Bonchev–Trinajstić information content (AvgIpc) is 2.64. The van der Waals surface area contributed by atoms with Crippen LogP contribution in [0.3, 0.4) is 0 Å². The number of hydrogen-bond donors (Lipinski definition) is 1. The van der Waals surface area contributed by atoms with Crippen LogP contribution in [0.5, 0.6) is 0 Å². The summed E-state index contributed by atoms with van der Waals surface area (Å²) < 4.78 is 0.716. The van der Waals surface area contributed by atoms with Crippen LogP contribution in [0, 0.1) is 6.92 Å². The molecule has 0 aromatic carbocycles. The summed E-state index contributed by atoms with van der Waals surface area (Å²) in [5, 5.41) is 17.6. The highest BCUT2D eigenvalue weighted by molar-refractivity contribution is 8.01. The maximum absolute atomic E-state index is 10.9. The fourth-order valence-corrected chi connectivity index (χ4v) is 2.91. The number of aromatic nitrogens is 3. The van der Waals surface area contributed by atoms with Gasteiger partial charge in [0.2, 0.25) is 0 Å². The Hall–Kier alpha value is -1.47. The fourth-order valence-electron chi connectivity index (χ4n) is 1.05. The highest BCUT2D eigenvalue weighted by Crippen LogP contribution is 2.31. The number of carboxylic acids is 1. The van der Waals surface area contributed by atoms with Crippen molar-refractivity contribution in [1.82, 2.24) is 15.2 Å². The molecule has 0 saturated carbocycles. The van der Waals surface area contributed by atoms with Gasteiger partial charge in [0.1, 0.15) is 5.01 Å². The second kappa shape index (κ2) is 4.58. The van der Waals surface area contributed by atoms with Crippen LogP contribution in [-0.4, -0.2) is 26.3 Å². The van der Waals surface area contributed by atoms with Crippen LogP contribution >= 0.6 is 23.1 Å². The number of aromatic carboxylic acids is 1. The third-order valence-electron chi connectivity index (χ3n) is 1.68. The van der Waals surface area contributed by atoms with Crippen molar-refractivity contribution < 1.29 is 9.90 Å². The average molecular weight is 253 g/mol. The number of pyridine rings is 1. The van der Waals surface area contributed by atoms with Gasteiger partial charge < -0.3 is 5.11 Å². The molecule has 0 unspecified atom stereocenters. The van der Waals surface area contributed by atoms with Gasteiger partial charge in [-0.3, -0.25) is 0 Å². The molecule has 16 heavy (non-hydrogen) atoms. The Balaban J connectivity index is 2.31. The minimum atomic E-state index is -1.04. The Morgan fingerprint density at radius 1 is 1.50 bits per heavy atom. The third kappa shape index (κ3) is 2.37. The lowest BCUT2D eigenvalue weighted by Crippen LogP contribution is -2.01. The first-order chi connectivity index (χ1) is 7.66. The smallest absolute Gasteiger partial charge is 0.355 e. The molecule has 0 fully saturated rings. The molecule has 2 heterocycles. The first-order valence-electron chi connectivity index (χ1n) is 4.33. The van der Waals surface area contributed by atoms with Crippen LogP contribution in [0.4, 0.5) is 0 Å². The molecule has 0 aliphatic carbocycles. The zero-order valence-corrected chi connectivity index (χ0v) is 9.88. The van der Waals surface area contributed by atoms with E-state index in [-0.39, 0.29) is 5.69 Å². The Morgan fingerprint density at radius 2 is 2.31 bits per heavy atom. The van der Waals surface area contributed by atoms with Gasteiger partial charge in [-0.2, -0.15) is 0 Å².